The number of hydrogen-bond acceptors (Lipinski definition) is 8. The molecule has 2 saturated heterocycles. The van der Waals surface area contributed by atoms with E-state index < -0.39 is 88.3 Å². The van der Waals surface area contributed by atoms with Gasteiger partial charge in [-0.25, -0.2) is 33.7 Å². The van der Waals surface area contributed by atoms with E-state index in [0.29, 0.717) is 17.8 Å². The van der Waals surface area contributed by atoms with Crippen LogP contribution in [0.3, 0.4) is 0 Å². The van der Waals surface area contributed by atoms with Crippen LogP contribution in [0.5, 0.6) is 0 Å². The van der Waals surface area contributed by atoms with Gasteiger partial charge in [-0.15, -0.1) is 0 Å². The minimum atomic E-state index is -4.17. The first-order valence-electron chi connectivity index (χ1n) is 16.6. The molecular formula is C31H52O8S4. The molecule has 43 heavy (non-hydrogen) atoms. The Labute approximate surface area is 260 Å². The zero-order valence-corrected chi connectivity index (χ0v) is 29.8. The molecule has 248 valence electrons. The number of fused-ring (bicyclic) bond motifs is 6. The van der Waals surface area contributed by atoms with Crippen LogP contribution in [0.4, 0.5) is 0 Å². The second-order valence-electron chi connectivity index (χ2n) is 16.4. The molecule has 12 heteroatoms. The average molecular weight is 681 g/mol. The third kappa shape index (κ3) is 4.18. The Balaban J connectivity index is 1.44. The molecule has 2 aliphatic heterocycles. The molecule has 0 N–H and O–H groups in total. The van der Waals surface area contributed by atoms with Crippen molar-refractivity contribution in [3.8, 4) is 0 Å². The van der Waals surface area contributed by atoms with Gasteiger partial charge < -0.3 is 0 Å². The molecule has 6 fully saturated rings. The Morgan fingerprint density at radius 3 is 1.77 bits per heavy atom. The smallest absolute Gasteiger partial charge is 0.177 e. The van der Waals surface area contributed by atoms with E-state index in [4.69, 9.17) is 0 Å². The summed E-state index contributed by atoms with van der Waals surface area (Å²) in [6.45, 7) is 11.2. The third-order valence-electron chi connectivity index (χ3n) is 14.3. The predicted molar refractivity (Wildman–Crippen MR) is 169 cm³/mol. The minimum absolute atomic E-state index is 0.00293. The van der Waals surface area contributed by atoms with Crippen molar-refractivity contribution in [1.82, 2.24) is 0 Å². The molecular weight excluding hydrogens is 629 g/mol. The Morgan fingerprint density at radius 2 is 1.19 bits per heavy atom. The van der Waals surface area contributed by atoms with Crippen molar-refractivity contribution in [2.45, 2.75) is 113 Å². The highest BCUT2D eigenvalue weighted by molar-refractivity contribution is 8.14. The van der Waals surface area contributed by atoms with Crippen LogP contribution >= 0.6 is 0 Å². The highest BCUT2D eigenvalue weighted by atomic mass is 32.3. The Kier molecular flexibility index (Phi) is 7.54. The average Bonchev–Trinajstić information content (AvgIpc) is 3.40. The van der Waals surface area contributed by atoms with E-state index in [2.05, 4.69) is 27.7 Å². The second-order valence-corrected chi connectivity index (χ2v) is 26.5. The fourth-order valence-electron chi connectivity index (χ4n) is 12.1. The maximum atomic E-state index is 14.2. The molecule has 1 unspecified atom stereocenters. The minimum Gasteiger partial charge on any atom is -0.227 e. The van der Waals surface area contributed by atoms with Gasteiger partial charge in [-0.1, -0.05) is 53.9 Å². The molecule has 0 aromatic heterocycles. The van der Waals surface area contributed by atoms with Gasteiger partial charge in [0.25, 0.3) is 0 Å². The van der Waals surface area contributed by atoms with Crippen LogP contribution in [0.25, 0.3) is 0 Å². The van der Waals surface area contributed by atoms with Gasteiger partial charge in [0, 0.05) is 5.92 Å². The molecule has 0 radical (unpaired) electrons. The van der Waals surface area contributed by atoms with Crippen molar-refractivity contribution in [3.05, 3.63) is 0 Å². The first kappa shape index (κ1) is 32.7. The van der Waals surface area contributed by atoms with Crippen LogP contribution in [0.2, 0.25) is 0 Å². The van der Waals surface area contributed by atoms with E-state index in [1.54, 1.807) is 0 Å². The van der Waals surface area contributed by atoms with Gasteiger partial charge in [0.2, 0.25) is 0 Å². The quantitative estimate of drug-likeness (QED) is 0.404. The molecule has 8 atom stereocenters. The van der Waals surface area contributed by atoms with Crippen LogP contribution < -0.4 is 0 Å². The third-order valence-corrected chi connectivity index (χ3v) is 26.9. The molecule has 2 heterocycles. The Morgan fingerprint density at radius 1 is 0.628 bits per heavy atom. The van der Waals surface area contributed by atoms with Gasteiger partial charge in [0.05, 0.1) is 23.0 Å². The zero-order chi connectivity index (χ0) is 31.6. The lowest BCUT2D eigenvalue weighted by Gasteiger charge is -2.65. The SMILES string of the molecule is CC(C)CCC[C@@H](C)[C@H]1CC[C@H]2[C@@H]3CC4(C5CC6(CC[C@]5(C)[C@H]3CC[C@]12C)S(=O)(=O)CCS6(=O)=O)S(=O)(=O)CCS4(=O)=O. The summed E-state index contributed by atoms with van der Waals surface area (Å²) in [7, 11) is -16.5. The standard InChI is InChI=1S/C31H52O8S4/c1-21(2)7-6-8-22(3)24-9-10-25-23-19-31(42(36,37)17-18-43(31,38)39)27-20-30(40(32,33)15-16-41(30,34)35)14-13-29(27,5)26(23)11-12-28(24,25)4/h21-27H,6-20H2,1-5H3/t22-,23+,24-,25+,26+,27?,28-,29-/m1/s1. The fraction of sp³-hybridized carbons (Fsp3) is 1.00. The summed E-state index contributed by atoms with van der Waals surface area (Å²) >= 11 is 0. The van der Waals surface area contributed by atoms with E-state index in [9.17, 15) is 33.7 Å². The van der Waals surface area contributed by atoms with E-state index in [0.717, 1.165) is 32.1 Å². The molecule has 6 rings (SSSR count). The summed E-state index contributed by atoms with van der Waals surface area (Å²) in [6.07, 6.45) is 7.17. The molecule has 2 spiro atoms. The lowest BCUT2D eigenvalue weighted by molar-refractivity contribution is -0.119. The van der Waals surface area contributed by atoms with E-state index in [-0.39, 0.29) is 42.4 Å². The van der Waals surface area contributed by atoms with Gasteiger partial charge >= 0.3 is 0 Å². The first-order valence-corrected chi connectivity index (χ1v) is 23.2. The summed E-state index contributed by atoms with van der Waals surface area (Å²) in [5.74, 6) is -1.07. The van der Waals surface area contributed by atoms with Crippen LogP contribution in [0.1, 0.15) is 105 Å². The normalized spacial score (nSPS) is 45.0. The summed E-state index contributed by atoms with van der Waals surface area (Å²) in [6, 6.07) is 0. The molecule has 0 aromatic rings. The van der Waals surface area contributed by atoms with Gasteiger partial charge in [0.15, 0.2) is 47.5 Å². The number of rotatable bonds is 5. The summed E-state index contributed by atoms with van der Waals surface area (Å²) in [4.78, 5) is 0. The predicted octanol–water partition coefficient (Wildman–Crippen LogP) is 4.80. The van der Waals surface area contributed by atoms with Gasteiger partial charge in [0.1, 0.15) is 0 Å². The van der Waals surface area contributed by atoms with Crippen LogP contribution in [0, 0.1) is 52.3 Å². The fourth-order valence-corrected chi connectivity index (χ4v) is 25.2. The summed E-state index contributed by atoms with van der Waals surface area (Å²) < 4.78 is 106. The molecule has 0 amide bonds. The van der Waals surface area contributed by atoms with Crippen molar-refractivity contribution >= 4 is 39.3 Å². The number of hydrogen-bond donors (Lipinski definition) is 0. The monoisotopic (exact) mass is 680 g/mol. The number of sulfone groups is 4. The van der Waals surface area contributed by atoms with E-state index in [1.165, 1.54) is 12.8 Å². The highest BCUT2D eigenvalue weighted by Gasteiger charge is 2.78. The van der Waals surface area contributed by atoms with E-state index >= 15 is 0 Å². The van der Waals surface area contributed by atoms with Crippen molar-refractivity contribution in [3.63, 3.8) is 0 Å². The maximum absolute atomic E-state index is 14.2. The van der Waals surface area contributed by atoms with Crippen molar-refractivity contribution < 1.29 is 33.7 Å². The van der Waals surface area contributed by atoms with Gasteiger partial charge in [-0.3, -0.25) is 0 Å². The summed E-state index contributed by atoms with van der Waals surface area (Å²) in [5.41, 5.74) is -0.766. The topological polar surface area (TPSA) is 137 Å². The van der Waals surface area contributed by atoms with Crippen LogP contribution in [0.15, 0.2) is 0 Å². The lowest BCUT2D eigenvalue weighted by atomic mass is 9.44. The van der Waals surface area contributed by atoms with Crippen molar-refractivity contribution in [2.75, 3.05) is 23.0 Å². The maximum Gasteiger partial charge on any atom is 0.177 e. The molecule has 6 aliphatic rings. The first-order chi connectivity index (χ1) is 19.7. The van der Waals surface area contributed by atoms with Gasteiger partial charge in [-0.05, 0) is 97.7 Å². The molecule has 0 aromatic carbocycles. The molecule has 8 nitrogen and oxygen atoms in total. The van der Waals surface area contributed by atoms with Crippen molar-refractivity contribution in [2.24, 2.45) is 52.3 Å². The summed E-state index contributed by atoms with van der Waals surface area (Å²) in [5, 5.41) is 0. The molecule has 4 aliphatic carbocycles. The molecule has 0 bridgehead atoms. The van der Waals surface area contributed by atoms with E-state index in [1.807, 2.05) is 6.92 Å². The Hall–Kier alpha value is -0.200. The van der Waals surface area contributed by atoms with Crippen LogP contribution in [-0.2, 0) is 39.3 Å². The van der Waals surface area contributed by atoms with Gasteiger partial charge in [-0.2, -0.15) is 0 Å². The highest BCUT2D eigenvalue weighted by Crippen LogP contribution is 2.73. The Bertz CT molecular complexity index is 1530. The molecule has 4 saturated carbocycles. The zero-order valence-electron chi connectivity index (χ0n) is 26.5. The van der Waals surface area contributed by atoms with Crippen molar-refractivity contribution in [1.29, 1.82) is 0 Å². The second kappa shape index (κ2) is 9.91. The lowest BCUT2D eigenvalue weighted by Crippen LogP contribution is -2.68. The largest absolute Gasteiger partial charge is 0.227 e. The van der Waals surface area contributed by atoms with Crippen LogP contribution in [-0.4, -0.2) is 64.8 Å².